The van der Waals surface area contributed by atoms with Gasteiger partial charge in [0.1, 0.15) is 6.33 Å². The van der Waals surface area contributed by atoms with E-state index in [1.54, 1.807) is 11.8 Å². The summed E-state index contributed by atoms with van der Waals surface area (Å²) in [5.74, 6) is 1.00. The lowest BCUT2D eigenvalue weighted by molar-refractivity contribution is 0.482. The zero-order valence-electron chi connectivity index (χ0n) is 12.1. The summed E-state index contributed by atoms with van der Waals surface area (Å²) < 4.78 is 0. The second-order valence-electron chi connectivity index (χ2n) is 5.03. The van der Waals surface area contributed by atoms with Gasteiger partial charge in [-0.2, -0.15) is 0 Å². The number of amidine groups is 1. The third-order valence-corrected chi connectivity index (χ3v) is 4.37. The second kappa shape index (κ2) is 7.81. The van der Waals surface area contributed by atoms with E-state index in [1.807, 2.05) is 12.4 Å². The Balaban J connectivity index is 0.00000121. The zero-order valence-corrected chi connectivity index (χ0v) is 14.5. The number of thioether (sulfide) groups is 1. The molecule has 22 heavy (non-hydrogen) atoms. The van der Waals surface area contributed by atoms with E-state index >= 15 is 0 Å². The molecule has 1 aliphatic rings. The van der Waals surface area contributed by atoms with Crippen molar-refractivity contribution < 1.29 is 0 Å². The van der Waals surface area contributed by atoms with Gasteiger partial charge in [0.05, 0.1) is 5.54 Å². The van der Waals surface area contributed by atoms with Crippen LogP contribution in [-0.4, -0.2) is 20.9 Å². The maximum absolute atomic E-state index is 5.89. The standard InChI is InChI=1S/C15H16N4S.2ClH/c1-15(5-6-20-14(16)19-15)13-4-2-3-11(7-13)12-8-17-10-18-9-12;;/h2-4,7-10H,5-6H2,1H3,(H2,16,19);2*1H/t15-;;/m0../s1. The van der Waals surface area contributed by atoms with Crippen molar-refractivity contribution in [2.24, 2.45) is 10.7 Å². The van der Waals surface area contributed by atoms with Crippen molar-refractivity contribution in [3.05, 3.63) is 48.5 Å². The fourth-order valence-corrected chi connectivity index (χ4v) is 3.35. The largest absolute Gasteiger partial charge is 0.379 e. The molecular weight excluding hydrogens is 339 g/mol. The molecule has 0 saturated carbocycles. The third kappa shape index (κ3) is 3.91. The molecular formula is C15H18Cl2N4S. The Hall–Kier alpha value is -1.30. The highest BCUT2D eigenvalue weighted by Gasteiger charge is 2.29. The number of aromatic nitrogens is 2. The monoisotopic (exact) mass is 356 g/mol. The van der Waals surface area contributed by atoms with Gasteiger partial charge in [0.2, 0.25) is 0 Å². The first-order valence-electron chi connectivity index (χ1n) is 6.51. The number of rotatable bonds is 2. The van der Waals surface area contributed by atoms with Crippen LogP contribution in [0.1, 0.15) is 18.9 Å². The molecule has 1 aliphatic heterocycles. The first-order valence-corrected chi connectivity index (χ1v) is 7.50. The molecule has 7 heteroatoms. The van der Waals surface area contributed by atoms with Gasteiger partial charge in [0.25, 0.3) is 0 Å². The van der Waals surface area contributed by atoms with Crippen molar-refractivity contribution in [3.8, 4) is 11.1 Å². The van der Waals surface area contributed by atoms with E-state index in [0.29, 0.717) is 5.17 Å². The molecule has 0 unspecified atom stereocenters. The van der Waals surface area contributed by atoms with E-state index in [4.69, 9.17) is 5.73 Å². The average molecular weight is 357 g/mol. The Morgan fingerprint density at radius 3 is 2.55 bits per heavy atom. The number of nitrogens with zero attached hydrogens (tertiary/aromatic N) is 3. The molecule has 3 rings (SSSR count). The molecule has 0 aliphatic carbocycles. The van der Waals surface area contributed by atoms with E-state index in [0.717, 1.165) is 23.3 Å². The molecule has 0 spiro atoms. The highest BCUT2D eigenvalue weighted by Crippen LogP contribution is 2.36. The van der Waals surface area contributed by atoms with Gasteiger partial charge in [-0.15, -0.1) is 24.8 Å². The van der Waals surface area contributed by atoms with Crippen LogP contribution in [-0.2, 0) is 5.54 Å². The highest BCUT2D eigenvalue weighted by atomic mass is 35.5. The van der Waals surface area contributed by atoms with Crippen molar-refractivity contribution in [3.63, 3.8) is 0 Å². The van der Waals surface area contributed by atoms with Crippen molar-refractivity contribution >= 4 is 41.7 Å². The summed E-state index contributed by atoms with van der Waals surface area (Å²) in [7, 11) is 0. The van der Waals surface area contributed by atoms with Crippen LogP contribution < -0.4 is 5.73 Å². The maximum Gasteiger partial charge on any atom is 0.154 e. The Labute approximate surface area is 146 Å². The lowest BCUT2D eigenvalue weighted by Crippen LogP contribution is -2.28. The second-order valence-corrected chi connectivity index (χ2v) is 6.15. The summed E-state index contributed by atoms with van der Waals surface area (Å²) >= 11 is 1.62. The van der Waals surface area contributed by atoms with Crippen LogP contribution >= 0.6 is 36.6 Å². The van der Waals surface area contributed by atoms with Gasteiger partial charge < -0.3 is 5.73 Å². The van der Waals surface area contributed by atoms with Gasteiger partial charge in [0.15, 0.2) is 5.17 Å². The van der Waals surface area contributed by atoms with Crippen molar-refractivity contribution in [1.82, 2.24) is 9.97 Å². The molecule has 1 atom stereocenters. The van der Waals surface area contributed by atoms with Gasteiger partial charge in [-0.25, -0.2) is 9.97 Å². The van der Waals surface area contributed by atoms with E-state index in [1.165, 1.54) is 11.9 Å². The van der Waals surface area contributed by atoms with Crippen LogP contribution in [0.3, 0.4) is 0 Å². The van der Waals surface area contributed by atoms with Crippen LogP contribution in [0.5, 0.6) is 0 Å². The molecule has 2 N–H and O–H groups in total. The van der Waals surface area contributed by atoms with Crippen LogP contribution in [0.15, 0.2) is 48.0 Å². The van der Waals surface area contributed by atoms with Crippen LogP contribution in [0, 0.1) is 0 Å². The minimum atomic E-state index is -0.235. The Morgan fingerprint density at radius 2 is 1.86 bits per heavy atom. The Bertz CT molecular complexity index is 651. The number of halogens is 2. The Morgan fingerprint density at radius 1 is 1.14 bits per heavy atom. The average Bonchev–Trinajstić information content (AvgIpc) is 2.48. The summed E-state index contributed by atoms with van der Waals surface area (Å²) in [6.07, 6.45) is 6.18. The minimum absolute atomic E-state index is 0. The van der Waals surface area contributed by atoms with E-state index in [2.05, 4.69) is 46.1 Å². The number of hydrogen-bond donors (Lipinski definition) is 1. The van der Waals surface area contributed by atoms with Gasteiger partial charge in [-0.1, -0.05) is 30.0 Å². The Kier molecular flexibility index (Phi) is 6.66. The topological polar surface area (TPSA) is 64.2 Å². The summed E-state index contributed by atoms with van der Waals surface area (Å²) in [4.78, 5) is 12.8. The summed E-state index contributed by atoms with van der Waals surface area (Å²) in [6, 6.07) is 8.39. The highest BCUT2D eigenvalue weighted by molar-refractivity contribution is 8.13. The lowest BCUT2D eigenvalue weighted by atomic mass is 9.88. The minimum Gasteiger partial charge on any atom is -0.379 e. The summed E-state index contributed by atoms with van der Waals surface area (Å²) in [5, 5.41) is 0.673. The lowest BCUT2D eigenvalue weighted by Gasteiger charge is -2.30. The van der Waals surface area contributed by atoms with E-state index in [-0.39, 0.29) is 30.4 Å². The van der Waals surface area contributed by atoms with Crippen LogP contribution in [0.2, 0.25) is 0 Å². The normalized spacial score (nSPS) is 20.3. The molecule has 0 fully saturated rings. The molecule has 2 aromatic rings. The quantitative estimate of drug-likeness (QED) is 0.891. The molecule has 0 saturated heterocycles. The van der Waals surface area contributed by atoms with Gasteiger partial charge in [0, 0.05) is 23.7 Å². The molecule has 2 heterocycles. The van der Waals surface area contributed by atoms with Gasteiger partial charge in [-0.3, -0.25) is 4.99 Å². The molecule has 0 amide bonds. The molecule has 1 aromatic carbocycles. The fraction of sp³-hybridized carbons (Fsp3) is 0.267. The van der Waals surface area contributed by atoms with Crippen LogP contribution in [0.4, 0.5) is 0 Å². The maximum atomic E-state index is 5.89. The first kappa shape index (κ1) is 18.7. The van der Waals surface area contributed by atoms with Gasteiger partial charge >= 0.3 is 0 Å². The first-order chi connectivity index (χ1) is 9.67. The number of benzene rings is 1. The van der Waals surface area contributed by atoms with Crippen molar-refractivity contribution in [2.45, 2.75) is 18.9 Å². The van der Waals surface area contributed by atoms with Crippen molar-refractivity contribution in [1.29, 1.82) is 0 Å². The molecule has 0 bridgehead atoms. The summed E-state index contributed by atoms with van der Waals surface area (Å²) in [6.45, 7) is 2.14. The van der Waals surface area contributed by atoms with Crippen LogP contribution in [0.25, 0.3) is 11.1 Å². The van der Waals surface area contributed by atoms with E-state index in [9.17, 15) is 0 Å². The number of nitrogens with two attached hydrogens (primary N) is 1. The molecule has 1 aromatic heterocycles. The predicted molar refractivity (Wildman–Crippen MR) is 98.0 cm³/mol. The SMILES string of the molecule is C[C@@]1(c2cccc(-c3cncnc3)c2)CCSC(N)=N1.Cl.Cl. The van der Waals surface area contributed by atoms with E-state index < -0.39 is 0 Å². The number of hydrogen-bond acceptors (Lipinski definition) is 5. The number of aliphatic imine (C=N–C) groups is 1. The predicted octanol–water partition coefficient (Wildman–Crippen LogP) is 3.65. The van der Waals surface area contributed by atoms with Gasteiger partial charge in [-0.05, 0) is 30.5 Å². The third-order valence-electron chi connectivity index (χ3n) is 3.57. The molecule has 118 valence electrons. The molecule has 4 nitrogen and oxygen atoms in total. The zero-order chi connectivity index (χ0) is 14.0. The smallest absolute Gasteiger partial charge is 0.154 e. The van der Waals surface area contributed by atoms with Crippen molar-refractivity contribution in [2.75, 3.05) is 5.75 Å². The summed E-state index contributed by atoms with van der Waals surface area (Å²) in [5.41, 5.74) is 8.96. The molecule has 0 radical (unpaired) electrons. The fourth-order valence-electron chi connectivity index (χ4n) is 2.38.